The minimum absolute atomic E-state index is 0.0225. The van der Waals surface area contributed by atoms with Crippen molar-refractivity contribution in [2.24, 2.45) is 0 Å². The van der Waals surface area contributed by atoms with Crippen molar-refractivity contribution < 1.29 is 13.2 Å². The summed E-state index contributed by atoms with van der Waals surface area (Å²) in [7, 11) is -3.08. The number of aromatic nitrogens is 2. The highest BCUT2D eigenvalue weighted by molar-refractivity contribution is 7.91. The number of allylic oxidation sites excluding steroid dienone is 1. The molecule has 0 spiro atoms. The van der Waals surface area contributed by atoms with Crippen LogP contribution in [0.25, 0.3) is 11.0 Å². The Balaban J connectivity index is 1.83. The predicted molar refractivity (Wildman–Crippen MR) is 102 cm³/mol. The van der Waals surface area contributed by atoms with Gasteiger partial charge in [-0.15, -0.1) is 6.58 Å². The molecule has 3 rings (SSSR count). The number of rotatable bonds is 6. The van der Waals surface area contributed by atoms with E-state index in [1.165, 1.54) is 9.13 Å². The predicted octanol–water partition coefficient (Wildman–Crippen LogP) is 0.0426. The standard InChI is InChI=1S/C18H21N3O5S/c1-2-9-20-14-5-3-4-6-15(14)21(18(24)17(20)23)10-7-16(22)19-13-8-11-27(25,26)12-13/h2-6,13H,1,7-12H2,(H,19,22)/t13-/m1/s1. The first kappa shape index (κ1) is 19.1. The van der Waals surface area contributed by atoms with Crippen molar-refractivity contribution in [2.75, 3.05) is 11.5 Å². The van der Waals surface area contributed by atoms with Gasteiger partial charge in [-0.25, -0.2) is 8.42 Å². The summed E-state index contributed by atoms with van der Waals surface area (Å²) in [6.45, 7) is 3.86. The number of para-hydroxylation sites is 2. The molecule has 2 aromatic rings. The third-order valence-electron chi connectivity index (χ3n) is 4.61. The number of carbonyl (C=O) groups excluding carboxylic acids is 1. The Hall–Kier alpha value is -2.68. The highest BCUT2D eigenvalue weighted by Crippen LogP contribution is 2.13. The van der Waals surface area contributed by atoms with Crippen LogP contribution < -0.4 is 16.4 Å². The molecule has 1 fully saturated rings. The molecule has 1 amide bonds. The average Bonchev–Trinajstić information content (AvgIpc) is 2.97. The zero-order valence-corrected chi connectivity index (χ0v) is 15.6. The zero-order chi connectivity index (χ0) is 19.6. The van der Waals surface area contributed by atoms with Gasteiger partial charge < -0.3 is 9.88 Å². The number of nitrogens with one attached hydrogen (secondary N) is 1. The molecule has 1 atom stereocenters. The molecule has 0 unspecified atom stereocenters. The van der Waals surface area contributed by atoms with Crippen LogP contribution in [-0.2, 0) is 27.7 Å². The van der Waals surface area contributed by atoms with Gasteiger partial charge in [-0.2, -0.15) is 0 Å². The quantitative estimate of drug-likeness (QED) is 0.553. The largest absolute Gasteiger partial charge is 0.352 e. The molecule has 27 heavy (non-hydrogen) atoms. The maximum absolute atomic E-state index is 12.5. The number of nitrogens with zero attached hydrogens (tertiary/aromatic N) is 2. The molecule has 0 radical (unpaired) electrons. The Morgan fingerprint density at radius 3 is 2.41 bits per heavy atom. The van der Waals surface area contributed by atoms with Crippen LogP contribution in [0.4, 0.5) is 0 Å². The van der Waals surface area contributed by atoms with E-state index < -0.39 is 27.0 Å². The van der Waals surface area contributed by atoms with Gasteiger partial charge in [-0.1, -0.05) is 18.2 Å². The van der Waals surface area contributed by atoms with Crippen LogP contribution in [0, 0.1) is 0 Å². The Kier molecular flexibility index (Phi) is 5.31. The summed E-state index contributed by atoms with van der Waals surface area (Å²) in [6.07, 6.45) is 1.92. The van der Waals surface area contributed by atoms with Crippen molar-refractivity contribution in [3.8, 4) is 0 Å². The summed E-state index contributed by atoms with van der Waals surface area (Å²) in [4.78, 5) is 37.1. The lowest BCUT2D eigenvalue weighted by Gasteiger charge is -2.15. The van der Waals surface area contributed by atoms with E-state index >= 15 is 0 Å². The molecular weight excluding hydrogens is 370 g/mol. The van der Waals surface area contributed by atoms with E-state index in [0.717, 1.165) is 0 Å². The van der Waals surface area contributed by atoms with E-state index in [0.29, 0.717) is 17.5 Å². The van der Waals surface area contributed by atoms with Gasteiger partial charge in [0.25, 0.3) is 0 Å². The Labute approximate surface area is 156 Å². The molecule has 2 heterocycles. The highest BCUT2D eigenvalue weighted by Gasteiger charge is 2.28. The van der Waals surface area contributed by atoms with Crippen LogP contribution in [-0.4, -0.2) is 41.0 Å². The Bertz CT molecular complexity index is 1110. The molecule has 0 aliphatic carbocycles. The molecule has 8 nitrogen and oxygen atoms in total. The summed E-state index contributed by atoms with van der Waals surface area (Å²) < 4.78 is 25.6. The summed E-state index contributed by atoms with van der Waals surface area (Å²) >= 11 is 0. The van der Waals surface area contributed by atoms with Crippen LogP contribution in [0.3, 0.4) is 0 Å². The number of fused-ring (bicyclic) bond motifs is 1. The van der Waals surface area contributed by atoms with Crippen LogP contribution in [0.2, 0.25) is 0 Å². The molecule has 1 aliphatic rings. The van der Waals surface area contributed by atoms with Crippen molar-refractivity contribution in [2.45, 2.75) is 32.0 Å². The van der Waals surface area contributed by atoms with E-state index in [1.54, 1.807) is 30.3 Å². The number of aryl methyl sites for hydroxylation is 1. The van der Waals surface area contributed by atoms with Gasteiger partial charge >= 0.3 is 11.1 Å². The van der Waals surface area contributed by atoms with E-state index in [-0.39, 0.29) is 36.9 Å². The van der Waals surface area contributed by atoms with Crippen LogP contribution in [0.1, 0.15) is 12.8 Å². The first-order chi connectivity index (χ1) is 12.8. The van der Waals surface area contributed by atoms with E-state index in [2.05, 4.69) is 11.9 Å². The molecule has 0 saturated carbocycles. The molecule has 0 bridgehead atoms. The number of hydrogen-bond acceptors (Lipinski definition) is 5. The summed E-state index contributed by atoms with van der Waals surface area (Å²) in [5.41, 5.74) is -0.229. The van der Waals surface area contributed by atoms with Crippen molar-refractivity contribution in [3.63, 3.8) is 0 Å². The molecule has 1 aromatic heterocycles. The molecular formula is C18H21N3O5S. The second-order valence-electron chi connectivity index (χ2n) is 6.57. The minimum Gasteiger partial charge on any atom is -0.352 e. The molecule has 1 aliphatic heterocycles. The fourth-order valence-corrected chi connectivity index (χ4v) is 5.00. The zero-order valence-electron chi connectivity index (χ0n) is 14.8. The fraction of sp³-hybridized carbons (Fsp3) is 0.389. The third-order valence-corrected chi connectivity index (χ3v) is 6.38. The maximum atomic E-state index is 12.5. The topological polar surface area (TPSA) is 107 Å². The lowest BCUT2D eigenvalue weighted by atomic mass is 10.2. The number of hydrogen-bond donors (Lipinski definition) is 1. The first-order valence-electron chi connectivity index (χ1n) is 8.65. The van der Waals surface area contributed by atoms with Crippen LogP contribution in [0.5, 0.6) is 0 Å². The van der Waals surface area contributed by atoms with E-state index in [4.69, 9.17) is 0 Å². The highest BCUT2D eigenvalue weighted by atomic mass is 32.2. The van der Waals surface area contributed by atoms with Gasteiger partial charge in [0.05, 0.1) is 22.5 Å². The van der Waals surface area contributed by atoms with Crippen molar-refractivity contribution in [3.05, 3.63) is 57.6 Å². The molecule has 1 N–H and O–H groups in total. The lowest BCUT2D eigenvalue weighted by Crippen LogP contribution is -2.42. The van der Waals surface area contributed by atoms with Gasteiger partial charge in [0.2, 0.25) is 5.91 Å². The monoisotopic (exact) mass is 391 g/mol. The second kappa shape index (κ2) is 7.51. The minimum atomic E-state index is -3.08. The van der Waals surface area contributed by atoms with Gasteiger partial charge in [-0.05, 0) is 18.6 Å². The summed E-state index contributed by atoms with van der Waals surface area (Å²) in [5, 5.41) is 2.69. The number of sulfone groups is 1. The first-order valence-corrected chi connectivity index (χ1v) is 10.5. The van der Waals surface area contributed by atoms with Crippen molar-refractivity contribution in [1.29, 1.82) is 0 Å². The smallest absolute Gasteiger partial charge is 0.317 e. The average molecular weight is 391 g/mol. The third kappa shape index (κ3) is 4.02. The molecule has 1 aromatic carbocycles. The van der Waals surface area contributed by atoms with Gasteiger partial charge in [-0.3, -0.25) is 19.0 Å². The van der Waals surface area contributed by atoms with E-state index in [9.17, 15) is 22.8 Å². The van der Waals surface area contributed by atoms with Gasteiger partial charge in [0.15, 0.2) is 9.84 Å². The lowest BCUT2D eigenvalue weighted by molar-refractivity contribution is -0.121. The van der Waals surface area contributed by atoms with Gasteiger partial charge in [0.1, 0.15) is 0 Å². The molecule has 1 saturated heterocycles. The van der Waals surface area contributed by atoms with Crippen LogP contribution >= 0.6 is 0 Å². The van der Waals surface area contributed by atoms with E-state index in [1.807, 2.05) is 0 Å². The molecule has 9 heteroatoms. The fourth-order valence-electron chi connectivity index (χ4n) is 3.32. The number of carbonyl (C=O) groups is 1. The maximum Gasteiger partial charge on any atom is 0.317 e. The number of amides is 1. The van der Waals surface area contributed by atoms with Crippen molar-refractivity contribution >= 4 is 26.8 Å². The van der Waals surface area contributed by atoms with Crippen LogP contribution in [0.15, 0.2) is 46.5 Å². The normalized spacial score (nSPS) is 18.4. The SMILES string of the molecule is C=CCn1c(=O)c(=O)n(CCC(=O)N[C@@H]2CCS(=O)(=O)C2)c2ccccc21. The number of benzene rings is 1. The second-order valence-corrected chi connectivity index (χ2v) is 8.80. The van der Waals surface area contributed by atoms with Crippen molar-refractivity contribution in [1.82, 2.24) is 14.5 Å². The Morgan fingerprint density at radius 1 is 1.19 bits per heavy atom. The summed E-state index contributed by atoms with van der Waals surface area (Å²) in [5.74, 6) is -0.327. The summed E-state index contributed by atoms with van der Waals surface area (Å²) in [6, 6.07) is 6.58. The Morgan fingerprint density at radius 2 is 1.81 bits per heavy atom. The molecule has 144 valence electrons. The van der Waals surface area contributed by atoms with Gasteiger partial charge in [0, 0.05) is 25.6 Å².